The Morgan fingerprint density at radius 2 is 0.732 bits per heavy atom. The maximum atomic E-state index is 14.5. The van der Waals surface area contributed by atoms with Crippen molar-refractivity contribution in [1.29, 1.82) is 0 Å². The second kappa shape index (κ2) is 9.27. The lowest BCUT2D eigenvalue weighted by atomic mass is 10.1. The Morgan fingerprint density at radius 3 is 0.976 bits per heavy atom. The first kappa shape index (κ1) is 32.0. The lowest BCUT2D eigenvalue weighted by Crippen LogP contribution is -2.50. The monoisotopic (exact) mass is 632 g/mol. The van der Waals surface area contributed by atoms with Crippen LogP contribution in [0.25, 0.3) is 0 Å². The molecule has 0 heterocycles. The van der Waals surface area contributed by atoms with Crippen LogP contribution in [0, 0.1) is 0 Å². The third-order valence-corrected chi connectivity index (χ3v) is 5.22. The molecule has 20 heteroatoms. The van der Waals surface area contributed by atoms with Gasteiger partial charge in [-0.05, 0) is 36.4 Å². The first-order valence-corrected chi connectivity index (χ1v) is 9.94. The zero-order valence-electron chi connectivity index (χ0n) is 18.6. The highest BCUT2D eigenvalue weighted by Gasteiger charge is 2.83. The summed E-state index contributed by atoms with van der Waals surface area (Å²) in [5, 5.41) is 0. The highest BCUT2D eigenvalue weighted by Crippen LogP contribution is 2.60. The largest absolute Gasteiger partial charge is 0.451 e. The SMILES string of the molecule is FC(F)(F)c1ccc(C(F)(F)F)c(OC2=C(Oc3cc(C(F)(F)F)ccc3C(F)(F)F)C(F)(F)C(F)(F)C2(F)F)c1. The molecule has 0 fully saturated rings. The van der Waals surface area contributed by atoms with Gasteiger partial charge in [0.05, 0.1) is 22.3 Å². The fourth-order valence-electron chi connectivity index (χ4n) is 3.24. The van der Waals surface area contributed by atoms with E-state index in [4.69, 9.17) is 0 Å². The Kier molecular flexibility index (Phi) is 7.24. The molecule has 2 aromatic carbocycles. The number of ether oxygens (including phenoxy) is 2. The predicted octanol–water partition coefficient (Wildman–Crippen LogP) is 9.35. The van der Waals surface area contributed by atoms with Crippen molar-refractivity contribution in [3.63, 3.8) is 0 Å². The first-order chi connectivity index (χ1) is 18.1. The molecule has 0 radical (unpaired) electrons. The lowest BCUT2D eigenvalue weighted by Gasteiger charge is -2.25. The summed E-state index contributed by atoms with van der Waals surface area (Å²) in [6, 6.07) is -3.01. The molecule has 2 aromatic rings. The molecular formula is C21H6F18O2. The van der Waals surface area contributed by atoms with Gasteiger partial charge in [-0.1, -0.05) is 0 Å². The molecule has 0 unspecified atom stereocenters. The smallest absolute Gasteiger partial charge is 0.419 e. The number of hydrogen-bond acceptors (Lipinski definition) is 2. The van der Waals surface area contributed by atoms with Gasteiger partial charge in [0, 0.05) is 0 Å². The molecular weight excluding hydrogens is 626 g/mol. The van der Waals surface area contributed by atoms with Crippen LogP contribution < -0.4 is 9.47 Å². The van der Waals surface area contributed by atoms with Crippen LogP contribution in [0.5, 0.6) is 11.5 Å². The molecule has 0 saturated carbocycles. The Morgan fingerprint density at radius 1 is 0.439 bits per heavy atom. The molecule has 0 aliphatic heterocycles. The summed E-state index contributed by atoms with van der Waals surface area (Å²) in [6.07, 6.45) is -22.8. The molecule has 0 saturated heterocycles. The number of rotatable bonds is 4. The third-order valence-electron chi connectivity index (χ3n) is 5.22. The van der Waals surface area contributed by atoms with E-state index in [2.05, 4.69) is 9.47 Å². The summed E-state index contributed by atoms with van der Waals surface area (Å²) in [6.45, 7) is 0. The zero-order chi connectivity index (χ0) is 31.8. The number of alkyl halides is 18. The molecule has 0 bridgehead atoms. The molecule has 1 aliphatic carbocycles. The van der Waals surface area contributed by atoms with Gasteiger partial charge in [0.15, 0.2) is 0 Å². The van der Waals surface area contributed by atoms with Gasteiger partial charge in [-0.25, -0.2) is 0 Å². The van der Waals surface area contributed by atoms with E-state index < -0.39 is 112 Å². The van der Waals surface area contributed by atoms with Gasteiger partial charge >= 0.3 is 42.5 Å². The summed E-state index contributed by atoms with van der Waals surface area (Å²) in [5.41, 5.74) is -9.13. The number of hydrogen-bond donors (Lipinski definition) is 0. The van der Waals surface area contributed by atoms with E-state index in [0.29, 0.717) is 0 Å². The quantitative estimate of drug-likeness (QED) is 0.313. The number of allylic oxidation sites excluding steroid dienone is 2. The number of halogens is 18. The van der Waals surface area contributed by atoms with E-state index in [-0.39, 0.29) is 12.1 Å². The highest BCUT2D eigenvalue weighted by atomic mass is 19.4. The van der Waals surface area contributed by atoms with Crippen molar-refractivity contribution in [1.82, 2.24) is 0 Å². The Labute approximate surface area is 213 Å². The minimum atomic E-state index is -6.80. The second-order valence-electron chi connectivity index (χ2n) is 8.00. The molecule has 2 nitrogen and oxygen atoms in total. The Hall–Kier alpha value is -3.48. The minimum absolute atomic E-state index is 0.296. The van der Waals surface area contributed by atoms with Gasteiger partial charge in [-0.3, -0.25) is 0 Å². The van der Waals surface area contributed by atoms with Crippen molar-refractivity contribution in [3.05, 3.63) is 70.2 Å². The van der Waals surface area contributed by atoms with Crippen molar-refractivity contribution < 1.29 is 88.5 Å². The summed E-state index contributed by atoms with van der Waals surface area (Å²) in [7, 11) is 0. The van der Waals surface area contributed by atoms with Crippen molar-refractivity contribution in [3.8, 4) is 11.5 Å². The van der Waals surface area contributed by atoms with Crippen LogP contribution in [0.4, 0.5) is 79.0 Å². The van der Waals surface area contributed by atoms with Crippen LogP contribution in [0.15, 0.2) is 47.9 Å². The van der Waals surface area contributed by atoms with Crippen LogP contribution >= 0.6 is 0 Å². The van der Waals surface area contributed by atoms with Crippen molar-refractivity contribution in [2.75, 3.05) is 0 Å². The van der Waals surface area contributed by atoms with Crippen LogP contribution in [0.2, 0.25) is 0 Å². The molecule has 0 N–H and O–H groups in total. The lowest BCUT2D eigenvalue weighted by molar-refractivity contribution is -0.273. The molecule has 41 heavy (non-hydrogen) atoms. The highest BCUT2D eigenvalue weighted by molar-refractivity contribution is 5.47. The van der Waals surface area contributed by atoms with E-state index in [9.17, 15) is 79.0 Å². The van der Waals surface area contributed by atoms with Gasteiger partial charge in [0.25, 0.3) is 0 Å². The first-order valence-electron chi connectivity index (χ1n) is 9.94. The fourth-order valence-corrected chi connectivity index (χ4v) is 3.24. The van der Waals surface area contributed by atoms with Crippen LogP contribution in [-0.4, -0.2) is 17.8 Å². The molecule has 228 valence electrons. The molecule has 0 spiro atoms. The van der Waals surface area contributed by atoms with Crippen LogP contribution in [0.1, 0.15) is 22.3 Å². The average molecular weight is 632 g/mol. The summed E-state index contributed by atoms with van der Waals surface area (Å²) >= 11 is 0. The van der Waals surface area contributed by atoms with Crippen molar-refractivity contribution >= 4 is 0 Å². The molecule has 0 aromatic heterocycles. The molecule has 0 atom stereocenters. The zero-order valence-corrected chi connectivity index (χ0v) is 18.6. The standard InChI is InChI=1S/C21H6F18O2/c22-15(23)13(40-11-5-7(17(26,27)28)1-3-9(11)19(32,33)34)14(16(24,25)21(15,38)39)41-12-6-8(18(29,30)31)2-4-10(12)20(35,36)37/h1-6H. The van der Waals surface area contributed by atoms with Gasteiger partial charge in [0.1, 0.15) is 11.5 Å². The van der Waals surface area contributed by atoms with E-state index in [0.717, 1.165) is 0 Å². The van der Waals surface area contributed by atoms with Gasteiger partial charge in [-0.2, -0.15) is 79.0 Å². The van der Waals surface area contributed by atoms with Gasteiger partial charge in [0.2, 0.25) is 11.5 Å². The molecule has 1 aliphatic rings. The van der Waals surface area contributed by atoms with Crippen molar-refractivity contribution in [2.24, 2.45) is 0 Å². The predicted molar refractivity (Wildman–Crippen MR) is 96.0 cm³/mol. The average Bonchev–Trinajstić information content (AvgIpc) is 2.86. The van der Waals surface area contributed by atoms with Crippen molar-refractivity contribution in [2.45, 2.75) is 42.5 Å². The van der Waals surface area contributed by atoms with E-state index >= 15 is 0 Å². The topological polar surface area (TPSA) is 18.5 Å². The van der Waals surface area contributed by atoms with E-state index in [1.54, 1.807) is 0 Å². The Bertz CT molecular complexity index is 1260. The number of benzene rings is 2. The summed E-state index contributed by atoms with van der Waals surface area (Å²) < 4.78 is 252. The Balaban J connectivity index is 2.36. The van der Waals surface area contributed by atoms with Gasteiger partial charge in [-0.15, -0.1) is 0 Å². The summed E-state index contributed by atoms with van der Waals surface area (Å²) in [4.78, 5) is 0. The minimum Gasteiger partial charge on any atom is -0.451 e. The fraction of sp³-hybridized carbons (Fsp3) is 0.333. The van der Waals surface area contributed by atoms with Crippen LogP contribution in [0.3, 0.4) is 0 Å². The van der Waals surface area contributed by atoms with E-state index in [1.165, 1.54) is 0 Å². The van der Waals surface area contributed by atoms with E-state index in [1.807, 2.05) is 0 Å². The maximum absolute atomic E-state index is 14.5. The van der Waals surface area contributed by atoms with Crippen LogP contribution in [-0.2, 0) is 24.7 Å². The maximum Gasteiger partial charge on any atom is 0.419 e. The summed E-state index contributed by atoms with van der Waals surface area (Å²) in [5.74, 6) is -31.6. The van der Waals surface area contributed by atoms with Gasteiger partial charge < -0.3 is 9.47 Å². The third kappa shape index (κ3) is 5.55. The second-order valence-corrected chi connectivity index (χ2v) is 8.00. The molecule has 3 rings (SSSR count). The molecule has 0 amide bonds. The normalized spacial score (nSPS) is 19.0.